The van der Waals surface area contributed by atoms with Crippen molar-refractivity contribution in [3.8, 4) is 0 Å². The zero-order valence-electron chi connectivity index (χ0n) is 23.5. The van der Waals surface area contributed by atoms with Crippen LogP contribution in [0.25, 0.3) is 6.08 Å². The summed E-state index contributed by atoms with van der Waals surface area (Å²) in [5.41, 5.74) is 2.92. The van der Waals surface area contributed by atoms with Gasteiger partial charge < -0.3 is 14.9 Å². The van der Waals surface area contributed by atoms with E-state index in [1.165, 1.54) is 18.2 Å². The van der Waals surface area contributed by atoms with Crippen LogP contribution in [-0.4, -0.2) is 52.8 Å². The Labute approximate surface area is 244 Å². The maximum absolute atomic E-state index is 13.6. The average Bonchev–Trinajstić information content (AvgIpc) is 3.22. The van der Waals surface area contributed by atoms with Crippen LogP contribution in [0.2, 0.25) is 5.02 Å². The molecule has 216 valence electrons. The van der Waals surface area contributed by atoms with Crippen molar-refractivity contribution in [2.75, 3.05) is 27.9 Å². The van der Waals surface area contributed by atoms with E-state index in [1.807, 2.05) is 6.07 Å². The van der Waals surface area contributed by atoms with E-state index < -0.39 is 11.9 Å². The third-order valence-electron chi connectivity index (χ3n) is 8.33. The highest BCUT2D eigenvalue weighted by Gasteiger charge is 2.33. The molecule has 10 nitrogen and oxygen atoms in total. The van der Waals surface area contributed by atoms with E-state index in [2.05, 4.69) is 28.7 Å². The number of nitrogens with zero attached hydrogens (tertiary/aromatic N) is 5. The van der Waals surface area contributed by atoms with Gasteiger partial charge in [0.1, 0.15) is 5.69 Å². The minimum atomic E-state index is -1.21. The summed E-state index contributed by atoms with van der Waals surface area (Å²) in [7, 11) is 0. The molecule has 0 unspecified atom stereocenters. The molecule has 1 amide bonds. The number of benzene rings is 2. The minimum absolute atomic E-state index is 0.0136. The van der Waals surface area contributed by atoms with Crippen LogP contribution >= 0.6 is 11.6 Å². The topological polar surface area (TPSA) is 120 Å². The second-order valence-electron chi connectivity index (χ2n) is 11.1. The first-order chi connectivity index (χ1) is 19.6. The van der Waals surface area contributed by atoms with Gasteiger partial charge in [-0.1, -0.05) is 11.6 Å². The number of carbonyl (C=O) groups is 2. The van der Waals surface area contributed by atoms with E-state index in [-0.39, 0.29) is 44.5 Å². The molecule has 2 saturated heterocycles. The fraction of sp³-hybridized carbons (Fsp3) is 0.433. The molecule has 5 rings (SSSR count). The summed E-state index contributed by atoms with van der Waals surface area (Å²) >= 11 is 6.03. The number of hydrogen-bond acceptors (Lipinski definition) is 7. The highest BCUT2D eigenvalue weighted by atomic mass is 35.5. The van der Waals surface area contributed by atoms with Crippen LogP contribution in [0.4, 0.5) is 22.7 Å². The van der Waals surface area contributed by atoms with E-state index in [0.29, 0.717) is 17.0 Å². The maximum Gasteiger partial charge on any atom is 0.337 e. The first-order valence-corrected chi connectivity index (χ1v) is 14.4. The van der Waals surface area contributed by atoms with Crippen molar-refractivity contribution in [1.82, 2.24) is 0 Å². The van der Waals surface area contributed by atoms with Crippen LogP contribution in [0.5, 0.6) is 0 Å². The van der Waals surface area contributed by atoms with Gasteiger partial charge in [0.15, 0.2) is 0 Å². The number of aromatic carboxylic acids is 1. The number of piperidine rings is 2. The SMILES string of the molecule is CC1=NN(c2ccc(Cl)c(C(=O)O)c2)C(=O)/C1=C/c1cc([N+](=O)[O-])c(N2CCCC[C@@H]2C)cc1N1CCCC[C@@H]1C. The maximum atomic E-state index is 13.6. The van der Waals surface area contributed by atoms with Crippen molar-refractivity contribution in [2.24, 2.45) is 5.10 Å². The Morgan fingerprint density at radius 1 is 1.05 bits per heavy atom. The molecular weight excluding hydrogens is 546 g/mol. The Kier molecular flexibility index (Phi) is 8.04. The summed E-state index contributed by atoms with van der Waals surface area (Å²) in [6.07, 6.45) is 7.90. The normalized spacial score (nSPS) is 22.3. The van der Waals surface area contributed by atoms with Crippen molar-refractivity contribution in [3.05, 3.63) is 62.2 Å². The molecule has 2 aromatic carbocycles. The number of nitro benzene ring substituents is 1. The quantitative estimate of drug-likeness (QED) is 0.235. The molecule has 1 N–H and O–H groups in total. The predicted octanol–water partition coefficient (Wildman–Crippen LogP) is 6.51. The molecule has 3 heterocycles. The highest BCUT2D eigenvalue weighted by molar-refractivity contribution is 6.34. The summed E-state index contributed by atoms with van der Waals surface area (Å²) in [5, 5.41) is 27.5. The number of carboxylic acids is 1. The van der Waals surface area contributed by atoms with Gasteiger partial charge in [0.05, 0.1) is 32.5 Å². The second kappa shape index (κ2) is 11.5. The Bertz CT molecular complexity index is 1470. The highest BCUT2D eigenvalue weighted by Crippen LogP contribution is 2.41. The number of carboxylic acid groups (broad SMARTS) is 1. The second-order valence-corrected chi connectivity index (χ2v) is 11.5. The van der Waals surface area contributed by atoms with E-state index >= 15 is 0 Å². The summed E-state index contributed by atoms with van der Waals surface area (Å²) < 4.78 is 0. The van der Waals surface area contributed by atoms with Gasteiger partial charge in [-0.3, -0.25) is 14.9 Å². The lowest BCUT2D eigenvalue weighted by Crippen LogP contribution is -2.39. The number of carbonyl (C=O) groups excluding carboxylic acids is 1. The van der Waals surface area contributed by atoms with Crippen molar-refractivity contribution in [2.45, 2.75) is 71.4 Å². The monoisotopic (exact) mass is 579 g/mol. The van der Waals surface area contributed by atoms with Gasteiger partial charge in [0, 0.05) is 42.5 Å². The number of nitro groups is 1. The number of anilines is 3. The summed E-state index contributed by atoms with van der Waals surface area (Å²) in [6, 6.07) is 8.22. The fourth-order valence-corrected chi connectivity index (χ4v) is 6.26. The van der Waals surface area contributed by atoms with Crippen LogP contribution in [0.3, 0.4) is 0 Å². The summed E-state index contributed by atoms with van der Waals surface area (Å²) in [4.78, 5) is 41.7. The zero-order chi connectivity index (χ0) is 29.4. The van der Waals surface area contributed by atoms with E-state index in [1.54, 1.807) is 19.1 Å². The standard InChI is InChI=1S/C30H34ClN5O5/c1-18-8-4-6-12-33(18)26-17-27(34-13-7-5-9-19(34)2)28(36(40)41)15-21(26)14-23-20(3)32-35(29(23)37)22-10-11-25(31)24(16-22)30(38)39/h10-11,14-19H,4-9,12-13H2,1-3H3,(H,38,39)/b23-14+/t18-,19-/m0/s1. The van der Waals surface area contributed by atoms with Gasteiger partial charge in [-0.05, 0) is 89.6 Å². The van der Waals surface area contributed by atoms with Gasteiger partial charge in [0.2, 0.25) is 0 Å². The number of hydrazone groups is 1. The van der Waals surface area contributed by atoms with Crippen molar-refractivity contribution in [1.29, 1.82) is 0 Å². The molecule has 41 heavy (non-hydrogen) atoms. The first-order valence-electron chi connectivity index (χ1n) is 14.1. The van der Waals surface area contributed by atoms with Crippen LogP contribution in [-0.2, 0) is 4.79 Å². The molecule has 0 aromatic heterocycles. The number of rotatable bonds is 6. The summed E-state index contributed by atoms with van der Waals surface area (Å²) in [6.45, 7) is 7.55. The Balaban J connectivity index is 1.62. The molecule has 3 aliphatic rings. The van der Waals surface area contributed by atoms with E-state index in [9.17, 15) is 24.8 Å². The van der Waals surface area contributed by atoms with Gasteiger partial charge in [-0.25, -0.2) is 4.79 Å². The van der Waals surface area contributed by atoms with Crippen molar-refractivity contribution < 1.29 is 19.6 Å². The zero-order valence-corrected chi connectivity index (χ0v) is 24.2. The third-order valence-corrected chi connectivity index (χ3v) is 8.66. The Morgan fingerprint density at radius 2 is 1.68 bits per heavy atom. The molecule has 3 aliphatic heterocycles. The van der Waals surface area contributed by atoms with Gasteiger partial charge in [-0.15, -0.1) is 0 Å². The molecule has 2 fully saturated rings. The molecule has 2 atom stereocenters. The lowest BCUT2D eigenvalue weighted by atomic mass is 9.97. The van der Waals surface area contributed by atoms with E-state index in [4.69, 9.17) is 11.6 Å². The van der Waals surface area contributed by atoms with Crippen LogP contribution in [0.15, 0.2) is 41.0 Å². The van der Waals surface area contributed by atoms with Crippen LogP contribution in [0.1, 0.15) is 75.2 Å². The average molecular weight is 580 g/mol. The molecule has 0 bridgehead atoms. The Hall–Kier alpha value is -3.92. The lowest BCUT2D eigenvalue weighted by molar-refractivity contribution is -0.384. The molecule has 0 saturated carbocycles. The van der Waals surface area contributed by atoms with E-state index in [0.717, 1.165) is 62.3 Å². The van der Waals surface area contributed by atoms with Crippen molar-refractivity contribution >= 4 is 58.0 Å². The van der Waals surface area contributed by atoms with Crippen LogP contribution in [0, 0.1) is 10.1 Å². The van der Waals surface area contributed by atoms with Crippen molar-refractivity contribution in [3.63, 3.8) is 0 Å². The smallest absolute Gasteiger partial charge is 0.337 e. The van der Waals surface area contributed by atoms with Gasteiger partial charge in [-0.2, -0.15) is 10.1 Å². The van der Waals surface area contributed by atoms with Gasteiger partial charge in [0.25, 0.3) is 11.6 Å². The molecule has 11 heteroatoms. The van der Waals surface area contributed by atoms with Gasteiger partial charge >= 0.3 is 5.97 Å². The number of hydrogen-bond donors (Lipinski definition) is 1. The third kappa shape index (κ3) is 5.53. The molecular formula is C30H34ClN5O5. The first kappa shape index (κ1) is 28.6. The molecule has 2 aromatic rings. The lowest BCUT2D eigenvalue weighted by Gasteiger charge is -2.39. The minimum Gasteiger partial charge on any atom is -0.478 e. The Morgan fingerprint density at radius 3 is 2.27 bits per heavy atom. The van der Waals surface area contributed by atoms with Crippen LogP contribution < -0.4 is 14.8 Å². The fourth-order valence-electron chi connectivity index (χ4n) is 6.06. The molecule has 0 spiro atoms. The number of amides is 1. The molecule has 0 radical (unpaired) electrons. The number of halogens is 1. The largest absolute Gasteiger partial charge is 0.478 e. The summed E-state index contributed by atoms with van der Waals surface area (Å²) in [5.74, 6) is -1.66. The molecule has 0 aliphatic carbocycles. The predicted molar refractivity (Wildman–Crippen MR) is 161 cm³/mol.